The fourth-order valence-corrected chi connectivity index (χ4v) is 15.2. The average molecular weight is 1150 g/mol. The molecule has 0 spiro atoms. The van der Waals surface area contributed by atoms with Gasteiger partial charge in [-0.1, -0.05) is 304 Å². The molecule has 2 atom stereocenters. The number of fused-ring (bicyclic) bond motifs is 6. The van der Waals surface area contributed by atoms with Gasteiger partial charge in [0.2, 0.25) is 13.4 Å². The number of hydrogen-bond donors (Lipinski definition) is 0. The van der Waals surface area contributed by atoms with Crippen LogP contribution in [0.1, 0.15) is 134 Å². The Labute approximate surface area is 533 Å². The minimum absolute atomic E-state index is 0.165. The average Bonchev–Trinajstić information content (AvgIpc) is 1.21. The standard InChI is InChI=1S/C82H73B2N.2C2H6/c1-8-30-54(4)63-48-69(58-33-18-12-19-34-58)77(70(49-63)59-35-20-13-21-36-59)84-74-53-65(82(5,6)7)52-73-81(74)85(80-56(10-3)47-62-41-26-27-43-67(62)79(80)84)75-46-45-55(9-2)66-42-28-29-44-68(66)78(75)83(73)76-71(60-37-22-14-23-38-60)50-64(57-31-16-11-17-32-57)51-72(76)61-39-24-15-25-40-61;2*1-2/h8,11-44,48-53,55-56H,4,9-10,45-47H2,1-3,5-7H3;2*1-2H3/b30-8-;;. The Morgan fingerprint density at radius 2 is 0.910 bits per heavy atom. The van der Waals surface area contributed by atoms with Crippen LogP contribution in [-0.4, -0.2) is 13.4 Å². The van der Waals surface area contributed by atoms with E-state index in [9.17, 15) is 0 Å². The largest absolute Gasteiger partial charge is 0.320 e. The lowest BCUT2D eigenvalue weighted by Crippen LogP contribution is -2.61. The molecule has 0 amide bonds. The Kier molecular flexibility index (Phi) is 17.7. The molecular weight excluding hydrogens is 1070 g/mol. The van der Waals surface area contributed by atoms with E-state index in [1.165, 1.54) is 133 Å². The summed E-state index contributed by atoms with van der Waals surface area (Å²) in [6.45, 7) is 26.7. The molecule has 0 fully saturated rings. The second-order valence-electron chi connectivity index (χ2n) is 25.1. The second kappa shape index (κ2) is 26.0. The molecule has 3 heteroatoms. The molecule has 2 unspecified atom stereocenters. The summed E-state index contributed by atoms with van der Waals surface area (Å²) in [5, 5.41) is 0. The van der Waals surface area contributed by atoms with Gasteiger partial charge in [-0.15, -0.1) is 0 Å². The van der Waals surface area contributed by atoms with Gasteiger partial charge in [-0.05, 0) is 191 Å². The van der Waals surface area contributed by atoms with Gasteiger partial charge in [0.05, 0.1) is 0 Å². The third-order valence-electron chi connectivity index (χ3n) is 19.2. The summed E-state index contributed by atoms with van der Waals surface area (Å²) in [4.78, 5) is 2.95. The van der Waals surface area contributed by atoms with Crippen LogP contribution < -0.4 is 26.8 Å². The van der Waals surface area contributed by atoms with Gasteiger partial charge < -0.3 is 4.90 Å². The van der Waals surface area contributed by atoms with Gasteiger partial charge in [-0.25, -0.2) is 0 Å². The molecule has 10 aromatic carbocycles. The molecule has 440 valence electrons. The number of benzene rings is 10. The first-order chi connectivity index (χ1) is 43.6. The summed E-state index contributed by atoms with van der Waals surface area (Å²) < 4.78 is 0. The van der Waals surface area contributed by atoms with Crippen molar-refractivity contribution in [2.24, 2.45) is 5.92 Å². The molecule has 10 aromatic rings. The first-order valence-corrected chi connectivity index (χ1v) is 33.2. The zero-order valence-electron chi connectivity index (χ0n) is 54.2. The molecule has 0 bridgehead atoms. The lowest BCUT2D eigenvalue weighted by Gasteiger charge is -2.51. The zero-order valence-corrected chi connectivity index (χ0v) is 54.2. The molecule has 0 N–H and O–H groups in total. The summed E-state index contributed by atoms with van der Waals surface area (Å²) in [7, 11) is 0. The van der Waals surface area contributed by atoms with Crippen molar-refractivity contribution in [1.29, 1.82) is 0 Å². The van der Waals surface area contributed by atoms with E-state index >= 15 is 0 Å². The van der Waals surface area contributed by atoms with E-state index in [0.717, 1.165) is 43.2 Å². The smallest absolute Gasteiger partial charge is 0.248 e. The Balaban J connectivity index is 0.00000189. The third kappa shape index (κ3) is 11.0. The van der Waals surface area contributed by atoms with Crippen LogP contribution in [-0.2, 0) is 11.8 Å². The Hall–Kier alpha value is -8.91. The number of hydrogen-bond acceptors (Lipinski definition) is 1. The minimum Gasteiger partial charge on any atom is -0.320 e. The lowest BCUT2D eigenvalue weighted by atomic mass is 9.27. The van der Waals surface area contributed by atoms with Crippen molar-refractivity contribution >= 4 is 57.5 Å². The molecule has 1 nitrogen and oxygen atoms in total. The molecule has 89 heavy (non-hydrogen) atoms. The third-order valence-corrected chi connectivity index (χ3v) is 19.2. The highest BCUT2D eigenvalue weighted by Crippen LogP contribution is 2.53. The molecule has 0 radical (unpaired) electrons. The van der Waals surface area contributed by atoms with Gasteiger partial charge in [0.1, 0.15) is 0 Å². The molecule has 0 saturated carbocycles. The summed E-state index contributed by atoms with van der Waals surface area (Å²) in [5.41, 5.74) is 34.0. The highest BCUT2D eigenvalue weighted by molar-refractivity contribution is 7.06. The van der Waals surface area contributed by atoms with Gasteiger partial charge in [0.25, 0.3) is 0 Å². The van der Waals surface area contributed by atoms with Gasteiger partial charge >= 0.3 is 0 Å². The number of rotatable bonds is 11. The van der Waals surface area contributed by atoms with Crippen molar-refractivity contribution in [3.05, 3.63) is 300 Å². The Bertz CT molecular complexity index is 4180. The predicted octanol–water partition coefficient (Wildman–Crippen LogP) is 20.8. The maximum Gasteiger partial charge on any atom is 0.248 e. The highest BCUT2D eigenvalue weighted by Gasteiger charge is 2.52. The molecular formula is C86H85B2N. The van der Waals surface area contributed by atoms with Crippen molar-refractivity contribution in [2.75, 3.05) is 4.90 Å². The van der Waals surface area contributed by atoms with E-state index in [1.54, 1.807) is 0 Å². The number of allylic oxidation sites excluding steroid dienone is 5. The van der Waals surface area contributed by atoms with Crippen LogP contribution in [0, 0.1) is 5.92 Å². The second-order valence-corrected chi connectivity index (χ2v) is 25.1. The van der Waals surface area contributed by atoms with Crippen LogP contribution in [0.4, 0.5) is 5.69 Å². The predicted molar refractivity (Wildman–Crippen MR) is 391 cm³/mol. The maximum atomic E-state index is 4.74. The van der Waals surface area contributed by atoms with E-state index in [4.69, 9.17) is 6.58 Å². The Morgan fingerprint density at radius 1 is 0.483 bits per heavy atom. The van der Waals surface area contributed by atoms with Crippen LogP contribution in [0.3, 0.4) is 0 Å². The maximum absolute atomic E-state index is 4.74. The molecule has 0 saturated heterocycles. The molecule has 2 aliphatic carbocycles. The monoisotopic (exact) mass is 1150 g/mol. The molecule has 2 heterocycles. The zero-order chi connectivity index (χ0) is 61.9. The first kappa shape index (κ1) is 60.4. The topological polar surface area (TPSA) is 3.24 Å². The summed E-state index contributed by atoms with van der Waals surface area (Å²) in [6.07, 6.45) is 9.38. The highest BCUT2D eigenvalue weighted by atomic mass is 15.2. The van der Waals surface area contributed by atoms with Crippen molar-refractivity contribution in [1.82, 2.24) is 0 Å². The van der Waals surface area contributed by atoms with Crippen molar-refractivity contribution in [3.8, 4) is 55.6 Å². The van der Waals surface area contributed by atoms with Crippen LogP contribution >= 0.6 is 0 Å². The van der Waals surface area contributed by atoms with Gasteiger partial charge in [-0.2, -0.15) is 0 Å². The SMILES string of the molecule is C=C(/C=C\C)c1cc(-c2ccccc2)c(B2C3=C(C(CC)Cc4ccccc43)N3C4=C(B(c5c(-c6ccccc6)cc(-c6ccccc6)cc5-c5ccccc5)c5cc(C(C)(C)C)cc2c53)c2ccccc2C(CC)CC4)c(-c2ccccc2)c1.CC.CC. The fourth-order valence-electron chi connectivity index (χ4n) is 15.2. The van der Waals surface area contributed by atoms with E-state index in [-0.39, 0.29) is 24.8 Å². The van der Waals surface area contributed by atoms with Crippen LogP contribution in [0.15, 0.2) is 267 Å². The van der Waals surface area contributed by atoms with E-state index < -0.39 is 0 Å². The van der Waals surface area contributed by atoms with Crippen LogP contribution in [0.5, 0.6) is 0 Å². The number of nitrogens with zero attached hydrogens (tertiary/aromatic N) is 1. The molecule has 4 aliphatic rings. The quantitative estimate of drug-likeness (QED) is 0.0922. The normalized spacial score (nSPS) is 15.6. The summed E-state index contributed by atoms with van der Waals surface area (Å²) in [5.74, 6) is 0.649. The Morgan fingerprint density at radius 3 is 1.38 bits per heavy atom. The summed E-state index contributed by atoms with van der Waals surface area (Å²) >= 11 is 0. The summed E-state index contributed by atoms with van der Waals surface area (Å²) in [6, 6.07) is 90.8. The van der Waals surface area contributed by atoms with Crippen molar-refractivity contribution < 1.29 is 0 Å². The van der Waals surface area contributed by atoms with E-state index in [0.29, 0.717) is 5.92 Å². The van der Waals surface area contributed by atoms with Crippen molar-refractivity contribution in [3.63, 3.8) is 0 Å². The van der Waals surface area contributed by atoms with Crippen molar-refractivity contribution in [2.45, 2.75) is 113 Å². The van der Waals surface area contributed by atoms with Crippen LogP contribution in [0.2, 0.25) is 0 Å². The molecule has 14 rings (SSSR count). The minimum atomic E-state index is -0.222. The van der Waals surface area contributed by atoms with Gasteiger partial charge in [0.15, 0.2) is 0 Å². The van der Waals surface area contributed by atoms with E-state index in [2.05, 4.69) is 295 Å². The number of anilines is 1. The van der Waals surface area contributed by atoms with Gasteiger partial charge in [0, 0.05) is 23.0 Å². The van der Waals surface area contributed by atoms with E-state index in [1.807, 2.05) is 27.7 Å². The lowest BCUT2D eigenvalue weighted by molar-refractivity contribution is 0.559. The van der Waals surface area contributed by atoms with Gasteiger partial charge in [-0.3, -0.25) is 0 Å². The fraction of sp³-hybridized carbons (Fsp3) is 0.209. The van der Waals surface area contributed by atoms with Crippen LogP contribution in [0.25, 0.3) is 72.2 Å². The first-order valence-electron chi connectivity index (χ1n) is 33.2. The molecule has 2 aliphatic heterocycles. The molecule has 0 aromatic heterocycles.